The molecule has 0 amide bonds. The minimum atomic E-state index is 0.00936. The highest BCUT2D eigenvalue weighted by molar-refractivity contribution is 5.38. The number of benzene rings is 1. The van der Waals surface area contributed by atoms with Crippen LogP contribution >= 0.6 is 0 Å². The van der Waals surface area contributed by atoms with Gasteiger partial charge < -0.3 is 10.1 Å². The van der Waals surface area contributed by atoms with Gasteiger partial charge in [-0.25, -0.2) is 0 Å². The summed E-state index contributed by atoms with van der Waals surface area (Å²) in [6.45, 7) is 7.87. The second-order valence-electron chi connectivity index (χ2n) is 6.30. The van der Waals surface area contributed by atoms with E-state index in [0.717, 1.165) is 31.6 Å². The van der Waals surface area contributed by atoms with Gasteiger partial charge in [0.15, 0.2) is 0 Å². The average molecular weight is 289 g/mol. The lowest BCUT2D eigenvalue weighted by atomic mass is 9.83. The maximum Gasteiger partial charge on any atom is 0.124 e. The van der Waals surface area contributed by atoms with Crippen LogP contribution in [0.4, 0.5) is 0 Å². The summed E-state index contributed by atoms with van der Waals surface area (Å²) in [4.78, 5) is 0. The number of hydrogen-bond donors (Lipinski definition) is 1. The Kier molecular flexibility index (Phi) is 6.10. The van der Waals surface area contributed by atoms with Crippen molar-refractivity contribution in [2.45, 2.75) is 77.4 Å². The lowest BCUT2D eigenvalue weighted by Crippen LogP contribution is -2.43. The van der Waals surface area contributed by atoms with E-state index in [0.29, 0.717) is 6.04 Å². The summed E-state index contributed by atoms with van der Waals surface area (Å²) < 4.78 is 6.35. The lowest BCUT2D eigenvalue weighted by molar-refractivity contribution is 0.0228. The number of unbranched alkanes of at least 4 members (excludes halogenated alkanes) is 3. The fourth-order valence-electron chi connectivity index (χ4n) is 3.31. The highest BCUT2D eigenvalue weighted by Gasteiger charge is 2.37. The quantitative estimate of drug-likeness (QED) is 0.661. The van der Waals surface area contributed by atoms with Gasteiger partial charge in [-0.2, -0.15) is 0 Å². The molecule has 2 nitrogen and oxygen atoms in total. The van der Waals surface area contributed by atoms with Gasteiger partial charge in [-0.15, -0.1) is 0 Å². The number of rotatable bonds is 8. The molecule has 0 saturated heterocycles. The van der Waals surface area contributed by atoms with Crippen molar-refractivity contribution < 1.29 is 4.74 Å². The first-order chi connectivity index (χ1) is 10.2. The molecular formula is C19H31NO. The van der Waals surface area contributed by atoms with Crippen LogP contribution in [-0.2, 0) is 0 Å². The third-order valence-corrected chi connectivity index (χ3v) is 4.91. The number of ether oxygens (including phenoxy) is 1. The molecule has 0 saturated carbocycles. The molecule has 1 atom stereocenters. The van der Waals surface area contributed by atoms with E-state index in [2.05, 4.69) is 50.4 Å². The van der Waals surface area contributed by atoms with Crippen LogP contribution in [0.5, 0.6) is 5.75 Å². The fourth-order valence-corrected chi connectivity index (χ4v) is 3.31. The molecule has 1 aliphatic heterocycles. The van der Waals surface area contributed by atoms with Gasteiger partial charge in [0, 0.05) is 18.0 Å². The van der Waals surface area contributed by atoms with E-state index in [1.165, 1.54) is 31.2 Å². The smallest absolute Gasteiger partial charge is 0.124 e. The van der Waals surface area contributed by atoms with Crippen molar-refractivity contribution in [1.82, 2.24) is 5.32 Å². The third-order valence-electron chi connectivity index (χ3n) is 4.91. The topological polar surface area (TPSA) is 21.3 Å². The standard InChI is InChI=1S/C19H31NO/c1-4-7-8-11-14-20-17-15-19(5-2,6-3)21-18-13-10-9-12-16(17)18/h9-10,12-13,17,20H,4-8,11,14-15H2,1-3H3. The largest absolute Gasteiger partial charge is 0.487 e. The van der Waals surface area contributed by atoms with Gasteiger partial charge in [-0.3, -0.25) is 0 Å². The molecule has 0 spiro atoms. The van der Waals surface area contributed by atoms with Gasteiger partial charge in [-0.1, -0.05) is 58.2 Å². The Morgan fingerprint density at radius 2 is 1.86 bits per heavy atom. The van der Waals surface area contributed by atoms with Gasteiger partial charge in [-0.05, 0) is 31.9 Å². The molecule has 1 aliphatic rings. The van der Waals surface area contributed by atoms with Crippen LogP contribution < -0.4 is 10.1 Å². The Hall–Kier alpha value is -1.02. The fraction of sp³-hybridized carbons (Fsp3) is 0.684. The summed E-state index contributed by atoms with van der Waals surface area (Å²) >= 11 is 0. The van der Waals surface area contributed by atoms with Crippen LogP contribution in [0.3, 0.4) is 0 Å². The Balaban J connectivity index is 2.04. The van der Waals surface area contributed by atoms with Gasteiger partial charge in [0.05, 0.1) is 0 Å². The second-order valence-corrected chi connectivity index (χ2v) is 6.30. The van der Waals surface area contributed by atoms with E-state index in [9.17, 15) is 0 Å². The lowest BCUT2D eigenvalue weighted by Gasteiger charge is -2.42. The van der Waals surface area contributed by atoms with Crippen molar-refractivity contribution in [2.75, 3.05) is 6.54 Å². The van der Waals surface area contributed by atoms with Crippen molar-refractivity contribution in [2.24, 2.45) is 0 Å². The molecular weight excluding hydrogens is 258 g/mol. The number of para-hydroxylation sites is 1. The van der Waals surface area contributed by atoms with Gasteiger partial charge in [0.2, 0.25) is 0 Å². The maximum absolute atomic E-state index is 6.35. The summed E-state index contributed by atoms with van der Waals surface area (Å²) in [7, 11) is 0. The summed E-state index contributed by atoms with van der Waals surface area (Å²) in [5, 5.41) is 3.78. The molecule has 0 bridgehead atoms. The van der Waals surface area contributed by atoms with Crippen molar-refractivity contribution in [3.63, 3.8) is 0 Å². The molecule has 2 heteroatoms. The zero-order chi connectivity index (χ0) is 15.1. The van der Waals surface area contributed by atoms with Crippen LogP contribution in [0.25, 0.3) is 0 Å². The molecule has 0 fully saturated rings. The van der Waals surface area contributed by atoms with Gasteiger partial charge >= 0.3 is 0 Å². The van der Waals surface area contributed by atoms with E-state index >= 15 is 0 Å². The van der Waals surface area contributed by atoms with Crippen LogP contribution in [0.15, 0.2) is 24.3 Å². The Labute approximate surface area is 130 Å². The highest BCUT2D eigenvalue weighted by Crippen LogP contribution is 2.42. The van der Waals surface area contributed by atoms with E-state index in [-0.39, 0.29) is 5.60 Å². The second kappa shape index (κ2) is 7.84. The molecule has 118 valence electrons. The average Bonchev–Trinajstić information content (AvgIpc) is 2.54. The highest BCUT2D eigenvalue weighted by atomic mass is 16.5. The SMILES string of the molecule is CCCCCCNC1CC(CC)(CC)Oc2ccccc21. The molecule has 1 N–H and O–H groups in total. The molecule has 1 aromatic rings. The van der Waals surface area contributed by atoms with Crippen molar-refractivity contribution >= 4 is 0 Å². The monoisotopic (exact) mass is 289 g/mol. The van der Waals surface area contributed by atoms with Crippen molar-refractivity contribution in [3.8, 4) is 5.75 Å². The number of fused-ring (bicyclic) bond motifs is 1. The Morgan fingerprint density at radius 3 is 2.57 bits per heavy atom. The summed E-state index contributed by atoms with van der Waals surface area (Å²) in [5.41, 5.74) is 1.35. The van der Waals surface area contributed by atoms with Crippen LogP contribution in [0, 0.1) is 0 Å². The molecule has 0 aromatic heterocycles. The molecule has 21 heavy (non-hydrogen) atoms. The van der Waals surface area contributed by atoms with Crippen LogP contribution in [0.1, 0.15) is 77.3 Å². The summed E-state index contributed by atoms with van der Waals surface area (Å²) in [6, 6.07) is 8.99. The van der Waals surface area contributed by atoms with Crippen LogP contribution in [0.2, 0.25) is 0 Å². The zero-order valence-electron chi connectivity index (χ0n) is 14.0. The minimum Gasteiger partial charge on any atom is -0.487 e. The Morgan fingerprint density at radius 1 is 1.10 bits per heavy atom. The van der Waals surface area contributed by atoms with Gasteiger partial charge in [0.1, 0.15) is 11.4 Å². The first-order valence-electron chi connectivity index (χ1n) is 8.76. The molecule has 0 radical (unpaired) electrons. The van der Waals surface area contributed by atoms with Crippen molar-refractivity contribution in [3.05, 3.63) is 29.8 Å². The predicted octanol–water partition coefficient (Wildman–Crippen LogP) is 5.24. The van der Waals surface area contributed by atoms with Crippen LogP contribution in [-0.4, -0.2) is 12.1 Å². The van der Waals surface area contributed by atoms with Gasteiger partial charge in [0.25, 0.3) is 0 Å². The molecule has 2 rings (SSSR count). The first-order valence-corrected chi connectivity index (χ1v) is 8.76. The van der Waals surface area contributed by atoms with E-state index in [1.54, 1.807) is 0 Å². The van der Waals surface area contributed by atoms with E-state index < -0.39 is 0 Å². The maximum atomic E-state index is 6.35. The minimum absolute atomic E-state index is 0.00936. The number of nitrogens with one attached hydrogen (secondary N) is 1. The third kappa shape index (κ3) is 4.00. The Bertz CT molecular complexity index is 425. The molecule has 0 aliphatic carbocycles. The molecule has 1 unspecified atom stereocenters. The van der Waals surface area contributed by atoms with E-state index in [4.69, 9.17) is 4.74 Å². The zero-order valence-corrected chi connectivity index (χ0v) is 14.0. The number of hydrogen-bond acceptors (Lipinski definition) is 2. The van der Waals surface area contributed by atoms with E-state index in [1.807, 2.05) is 0 Å². The molecule has 1 aromatic carbocycles. The molecule has 1 heterocycles. The normalized spacial score (nSPS) is 19.9. The summed E-state index contributed by atoms with van der Waals surface area (Å²) in [5.74, 6) is 1.08. The first kappa shape index (κ1) is 16.4. The predicted molar refractivity (Wildman–Crippen MR) is 89.9 cm³/mol. The summed E-state index contributed by atoms with van der Waals surface area (Å²) in [6.07, 6.45) is 8.50. The van der Waals surface area contributed by atoms with Crippen molar-refractivity contribution in [1.29, 1.82) is 0 Å².